The van der Waals surface area contributed by atoms with Gasteiger partial charge in [0.1, 0.15) is 0 Å². The van der Waals surface area contributed by atoms with Crippen molar-refractivity contribution in [2.75, 3.05) is 13.2 Å². The van der Waals surface area contributed by atoms with Crippen molar-refractivity contribution in [3.8, 4) is 0 Å². The van der Waals surface area contributed by atoms with E-state index in [1.807, 2.05) is 6.92 Å². The Morgan fingerprint density at radius 2 is 2.64 bits per heavy atom. The molecule has 1 atom stereocenters. The lowest BCUT2D eigenvalue weighted by Crippen LogP contribution is -2.46. The number of carbonyl (C=O) groups excluding carboxylic acids is 1. The smallest absolute Gasteiger partial charge is 0.254 e. The normalized spacial score (nSPS) is 26.4. The van der Waals surface area contributed by atoms with Gasteiger partial charge in [-0.1, -0.05) is 0 Å². The largest absolute Gasteiger partial charge is 0.379 e. The molecule has 2 N–H and O–H groups in total. The van der Waals surface area contributed by atoms with Gasteiger partial charge in [-0.2, -0.15) is 5.10 Å². The molecule has 0 aromatic carbocycles. The molecule has 5 nitrogen and oxygen atoms in total. The van der Waals surface area contributed by atoms with Crippen LogP contribution in [0.1, 0.15) is 23.7 Å². The summed E-state index contributed by atoms with van der Waals surface area (Å²) in [5.41, 5.74) is 0.326. The lowest BCUT2D eigenvalue weighted by molar-refractivity contribution is 0.0890. The zero-order valence-electron chi connectivity index (χ0n) is 8.04. The third-order valence-corrected chi connectivity index (χ3v) is 2.39. The topological polar surface area (TPSA) is 67.0 Å². The third-order valence-electron chi connectivity index (χ3n) is 2.39. The average Bonchev–Trinajstić information content (AvgIpc) is 2.74. The Labute approximate surface area is 81.8 Å². The summed E-state index contributed by atoms with van der Waals surface area (Å²) in [7, 11) is 0. The van der Waals surface area contributed by atoms with Crippen molar-refractivity contribution >= 4 is 5.91 Å². The Balaban J connectivity index is 2.01. The van der Waals surface area contributed by atoms with Gasteiger partial charge in [-0.25, -0.2) is 0 Å². The van der Waals surface area contributed by atoms with Crippen LogP contribution in [0.5, 0.6) is 0 Å². The predicted octanol–water partition coefficient (Wildman–Crippen LogP) is 0.318. The number of rotatable bonds is 2. The molecule has 0 aliphatic carbocycles. The maximum atomic E-state index is 11.6. The van der Waals surface area contributed by atoms with Crippen molar-refractivity contribution in [2.24, 2.45) is 0 Å². The predicted molar refractivity (Wildman–Crippen MR) is 49.9 cm³/mol. The minimum absolute atomic E-state index is 0.105. The van der Waals surface area contributed by atoms with Gasteiger partial charge in [0.15, 0.2) is 0 Å². The lowest BCUT2D eigenvalue weighted by Gasteiger charge is -2.22. The minimum atomic E-state index is -0.228. The number of hydrogen-bond acceptors (Lipinski definition) is 3. The number of amides is 1. The second-order valence-electron chi connectivity index (χ2n) is 3.80. The van der Waals surface area contributed by atoms with Crippen LogP contribution in [0.15, 0.2) is 12.4 Å². The molecule has 1 aliphatic heterocycles. The molecular weight excluding hydrogens is 182 g/mol. The molecule has 1 fully saturated rings. The molecule has 1 unspecified atom stereocenters. The Bertz CT molecular complexity index is 315. The van der Waals surface area contributed by atoms with Crippen LogP contribution in [-0.2, 0) is 4.74 Å². The van der Waals surface area contributed by atoms with E-state index in [-0.39, 0.29) is 11.4 Å². The molecule has 76 valence electrons. The van der Waals surface area contributed by atoms with Crippen molar-refractivity contribution < 1.29 is 9.53 Å². The molecule has 0 bridgehead atoms. The van der Waals surface area contributed by atoms with E-state index in [0.717, 1.165) is 6.42 Å². The molecule has 1 aromatic heterocycles. The van der Waals surface area contributed by atoms with Crippen LogP contribution >= 0.6 is 0 Å². The zero-order chi connectivity index (χ0) is 10.0. The number of hydrogen-bond donors (Lipinski definition) is 2. The first kappa shape index (κ1) is 9.21. The van der Waals surface area contributed by atoms with Crippen molar-refractivity contribution in [1.82, 2.24) is 15.5 Å². The van der Waals surface area contributed by atoms with Gasteiger partial charge < -0.3 is 10.1 Å². The summed E-state index contributed by atoms with van der Waals surface area (Å²) in [6.45, 7) is 3.27. The number of ether oxygens (including phenoxy) is 1. The van der Waals surface area contributed by atoms with Gasteiger partial charge in [-0.3, -0.25) is 9.89 Å². The molecule has 1 amide bonds. The van der Waals surface area contributed by atoms with E-state index >= 15 is 0 Å². The van der Waals surface area contributed by atoms with Crippen LogP contribution in [0.2, 0.25) is 0 Å². The van der Waals surface area contributed by atoms with Crippen molar-refractivity contribution in [2.45, 2.75) is 18.9 Å². The fourth-order valence-corrected chi connectivity index (χ4v) is 1.49. The van der Waals surface area contributed by atoms with Crippen molar-refractivity contribution in [3.05, 3.63) is 18.0 Å². The highest BCUT2D eigenvalue weighted by molar-refractivity contribution is 5.94. The average molecular weight is 195 g/mol. The first-order chi connectivity index (χ1) is 6.70. The van der Waals surface area contributed by atoms with Gasteiger partial charge in [-0.15, -0.1) is 0 Å². The van der Waals surface area contributed by atoms with Gasteiger partial charge in [0, 0.05) is 12.8 Å². The van der Waals surface area contributed by atoms with E-state index in [2.05, 4.69) is 15.5 Å². The monoisotopic (exact) mass is 195 g/mol. The van der Waals surface area contributed by atoms with Crippen LogP contribution in [0.25, 0.3) is 0 Å². The Kier molecular flexibility index (Phi) is 2.25. The molecule has 5 heteroatoms. The van der Waals surface area contributed by atoms with Gasteiger partial charge in [0.2, 0.25) is 0 Å². The fourth-order valence-electron chi connectivity index (χ4n) is 1.49. The van der Waals surface area contributed by atoms with E-state index in [9.17, 15) is 4.79 Å². The van der Waals surface area contributed by atoms with Gasteiger partial charge in [-0.05, 0) is 13.3 Å². The van der Waals surface area contributed by atoms with E-state index in [0.29, 0.717) is 18.8 Å². The van der Waals surface area contributed by atoms with Crippen LogP contribution < -0.4 is 5.32 Å². The van der Waals surface area contributed by atoms with Crippen LogP contribution in [-0.4, -0.2) is 34.9 Å². The Morgan fingerprint density at radius 1 is 1.79 bits per heavy atom. The summed E-state index contributed by atoms with van der Waals surface area (Å²) >= 11 is 0. The second kappa shape index (κ2) is 3.42. The molecule has 0 spiro atoms. The SMILES string of the molecule is CC1(NC(=O)c2cn[nH]c2)CCOC1. The summed E-state index contributed by atoms with van der Waals surface area (Å²) in [6, 6.07) is 0. The van der Waals surface area contributed by atoms with Crippen molar-refractivity contribution in [3.63, 3.8) is 0 Å². The summed E-state index contributed by atoms with van der Waals surface area (Å²) in [4.78, 5) is 11.6. The number of carbonyl (C=O) groups is 1. The number of nitrogens with one attached hydrogen (secondary N) is 2. The zero-order valence-corrected chi connectivity index (χ0v) is 8.04. The van der Waals surface area contributed by atoms with Crippen LogP contribution in [0.4, 0.5) is 0 Å². The molecule has 1 aromatic rings. The van der Waals surface area contributed by atoms with Gasteiger partial charge in [0.25, 0.3) is 5.91 Å². The first-order valence-corrected chi connectivity index (χ1v) is 4.59. The first-order valence-electron chi connectivity index (χ1n) is 4.59. The van der Waals surface area contributed by atoms with Gasteiger partial charge >= 0.3 is 0 Å². The summed E-state index contributed by atoms with van der Waals surface area (Å²) in [5, 5.41) is 9.26. The highest BCUT2D eigenvalue weighted by Crippen LogP contribution is 2.17. The molecule has 1 saturated heterocycles. The molecule has 2 rings (SSSR count). The molecule has 0 radical (unpaired) electrons. The molecule has 2 heterocycles. The molecule has 1 aliphatic rings. The lowest BCUT2D eigenvalue weighted by atomic mass is 10.0. The Morgan fingerprint density at radius 3 is 3.21 bits per heavy atom. The number of nitrogens with zero attached hydrogens (tertiary/aromatic N) is 1. The van der Waals surface area contributed by atoms with E-state index < -0.39 is 0 Å². The molecular formula is C9H13N3O2. The standard InChI is InChI=1S/C9H13N3O2/c1-9(2-3-14-6-9)12-8(13)7-4-10-11-5-7/h4-5H,2-3,6H2,1H3,(H,10,11)(H,12,13). The quantitative estimate of drug-likeness (QED) is 0.714. The van der Waals surface area contributed by atoms with E-state index in [1.165, 1.54) is 6.20 Å². The maximum absolute atomic E-state index is 11.6. The highest BCUT2D eigenvalue weighted by Gasteiger charge is 2.31. The fraction of sp³-hybridized carbons (Fsp3) is 0.556. The Hall–Kier alpha value is -1.36. The molecule has 14 heavy (non-hydrogen) atoms. The summed E-state index contributed by atoms with van der Waals surface area (Å²) < 4.78 is 5.24. The highest BCUT2D eigenvalue weighted by atomic mass is 16.5. The maximum Gasteiger partial charge on any atom is 0.254 e. The number of H-pyrrole nitrogens is 1. The van der Waals surface area contributed by atoms with E-state index in [4.69, 9.17) is 4.74 Å². The third kappa shape index (κ3) is 1.77. The van der Waals surface area contributed by atoms with Crippen LogP contribution in [0.3, 0.4) is 0 Å². The summed E-state index contributed by atoms with van der Waals surface area (Å²) in [6.07, 6.45) is 3.94. The van der Waals surface area contributed by atoms with E-state index in [1.54, 1.807) is 6.20 Å². The second-order valence-corrected chi connectivity index (χ2v) is 3.80. The minimum Gasteiger partial charge on any atom is -0.379 e. The number of aromatic amines is 1. The number of aromatic nitrogens is 2. The summed E-state index contributed by atoms with van der Waals surface area (Å²) in [5.74, 6) is -0.105. The molecule has 0 saturated carbocycles. The van der Waals surface area contributed by atoms with Gasteiger partial charge in [0.05, 0.1) is 23.9 Å². The van der Waals surface area contributed by atoms with Crippen LogP contribution in [0, 0.1) is 0 Å². The van der Waals surface area contributed by atoms with Crippen molar-refractivity contribution in [1.29, 1.82) is 0 Å².